The molecule has 2 atom stereocenters. The van der Waals surface area contributed by atoms with Gasteiger partial charge >= 0.3 is 0 Å². The van der Waals surface area contributed by atoms with E-state index in [2.05, 4.69) is 0 Å². The van der Waals surface area contributed by atoms with Gasteiger partial charge in [-0.05, 0) is 18.9 Å². The second kappa shape index (κ2) is 7.38. The van der Waals surface area contributed by atoms with Crippen molar-refractivity contribution >= 4 is 27.6 Å². The summed E-state index contributed by atoms with van der Waals surface area (Å²) in [6.45, 7) is 3.09. The van der Waals surface area contributed by atoms with Crippen LogP contribution in [0.5, 0.6) is 0 Å². The summed E-state index contributed by atoms with van der Waals surface area (Å²) >= 11 is 0. The standard InChI is InChI=1S/C18H23N4O6S/c1-18(2,17(19)25)7-5-15(24)21-9-6-13-16(21)14(23)11-22(13)29(27,28)12-4-3-8-20(26)10-12/h3-5,8,10,13,16H,6-7,9,11H2,1-2H3,(H2,19,25). The molecule has 2 saturated heterocycles. The summed E-state index contributed by atoms with van der Waals surface area (Å²) in [6.07, 6.45) is 3.83. The van der Waals surface area contributed by atoms with E-state index in [9.17, 15) is 28.0 Å². The Morgan fingerprint density at radius 3 is 2.72 bits per heavy atom. The summed E-state index contributed by atoms with van der Waals surface area (Å²) in [5, 5.41) is 11.5. The number of sulfonamides is 1. The van der Waals surface area contributed by atoms with Crippen LogP contribution in [0.2, 0.25) is 0 Å². The van der Waals surface area contributed by atoms with E-state index >= 15 is 0 Å². The predicted molar refractivity (Wildman–Crippen MR) is 100 cm³/mol. The van der Waals surface area contributed by atoms with Crippen LogP contribution in [-0.2, 0) is 24.4 Å². The molecule has 2 aliphatic heterocycles. The van der Waals surface area contributed by atoms with Gasteiger partial charge in [-0.3, -0.25) is 14.4 Å². The van der Waals surface area contributed by atoms with Crippen LogP contribution in [0.4, 0.5) is 0 Å². The number of primary amides is 1. The molecule has 2 unspecified atom stereocenters. The molecule has 11 heteroatoms. The maximum atomic E-state index is 12.9. The van der Waals surface area contributed by atoms with Crippen LogP contribution in [0.25, 0.3) is 0 Å². The average molecular weight is 423 g/mol. The molecule has 2 N–H and O–H groups in total. The van der Waals surface area contributed by atoms with Crippen LogP contribution in [0.15, 0.2) is 29.4 Å². The summed E-state index contributed by atoms with van der Waals surface area (Å²) in [5.41, 5.74) is 4.40. The van der Waals surface area contributed by atoms with E-state index in [0.29, 0.717) is 11.2 Å². The Morgan fingerprint density at radius 1 is 1.41 bits per heavy atom. The third kappa shape index (κ3) is 3.84. The molecule has 0 spiro atoms. The van der Waals surface area contributed by atoms with Gasteiger partial charge in [-0.2, -0.15) is 9.04 Å². The minimum absolute atomic E-state index is 0.110. The molecule has 1 aromatic heterocycles. The first-order valence-electron chi connectivity index (χ1n) is 9.12. The fourth-order valence-corrected chi connectivity index (χ4v) is 5.26. The molecule has 2 fully saturated rings. The second-order valence-corrected chi connectivity index (χ2v) is 9.80. The van der Waals surface area contributed by atoms with Crippen LogP contribution in [-0.4, -0.2) is 60.4 Å². The normalized spacial score (nSPS) is 22.7. The van der Waals surface area contributed by atoms with Gasteiger partial charge < -0.3 is 15.8 Å². The van der Waals surface area contributed by atoms with Crippen LogP contribution >= 0.6 is 0 Å². The third-order valence-electron chi connectivity index (χ3n) is 5.47. The van der Waals surface area contributed by atoms with Crippen molar-refractivity contribution in [1.29, 1.82) is 0 Å². The third-order valence-corrected chi connectivity index (χ3v) is 7.32. The summed E-state index contributed by atoms with van der Waals surface area (Å²) < 4.78 is 27.3. The van der Waals surface area contributed by atoms with Gasteiger partial charge in [0, 0.05) is 18.0 Å². The van der Waals surface area contributed by atoms with Gasteiger partial charge in [0.25, 0.3) is 0 Å². The van der Waals surface area contributed by atoms with Crippen molar-refractivity contribution in [2.75, 3.05) is 13.1 Å². The van der Waals surface area contributed by atoms with Crippen molar-refractivity contribution in [3.05, 3.63) is 36.2 Å². The lowest BCUT2D eigenvalue weighted by molar-refractivity contribution is -0.607. The summed E-state index contributed by atoms with van der Waals surface area (Å²) in [5.74, 6) is -1.36. The van der Waals surface area contributed by atoms with E-state index in [1.807, 2.05) is 0 Å². The van der Waals surface area contributed by atoms with Gasteiger partial charge in [-0.1, -0.05) is 13.8 Å². The Bertz CT molecular complexity index is 961. The van der Waals surface area contributed by atoms with E-state index in [-0.39, 0.29) is 30.2 Å². The topological polar surface area (TPSA) is 145 Å². The number of hydrogen-bond donors (Lipinski definition) is 1. The van der Waals surface area contributed by atoms with Crippen molar-refractivity contribution in [1.82, 2.24) is 9.21 Å². The molecule has 29 heavy (non-hydrogen) atoms. The molecule has 0 aromatic carbocycles. The lowest BCUT2D eigenvalue weighted by atomic mass is 9.87. The first-order valence-corrected chi connectivity index (χ1v) is 10.6. The van der Waals surface area contributed by atoms with Crippen molar-refractivity contribution in [3.8, 4) is 0 Å². The molecule has 1 aromatic rings. The smallest absolute Gasteiger partial charge is 0.249 e. The van der Waals surface area contributed by atoms with Gasteiger partial charge in [0.15, 0.2) is 18.2 Å². The number of Topliss-reactive ketones (excluding diaryl/α,β-unsaturated/α-hetero) is 1. The molecule has 0 saturated carbocycles. The highest BCUT2D eigenvalue weighted by molar-refractivity contribution is 7.89. The van der Waals surface area contributed by atoms with Gasteiger partial charge in [-0.25, -0.2) is 8.42 Å². The van der Waals surface area contributed by atoms with Crippen molar-refractivity contribution in [2.24, 2.45) is 11.1 Å². The maximum absolute atomic E-state index is 12.9. The summed E-state index contributed by atoms with van der Waals surface area (Å²) in [6, 6.07) is 1.04. The van der Waals surface area contributed by atoms with E-state index in [1.54, 1.807) is 13.8 Å². The minimum Gasteiger partial charge on any atom is -0.619 e. The summed E-state index contributed by atoms with van der Waals surface area (Å²) in [4.78, 5) is 37.8. The van der Waals surface area contributed by atoms with Crippen LogP contribution < -0.4 is 10.5 Å². The molecule has 2 amide bonds. The molecule has 157 valence electrons. The average Bonchev–Trinajstić information content (AvgIpc) is 3.21. The number of amides is 2. The van der Waals surface area contributed by atoms with Crippen molar-refractivity contribution < 1.29 is 27.5 Å². The largest absolute Gasteiger partial charge is 0.619 e. The predicted octanol–water partition coefficient (Wildman–Crippen LogP) is -1.03. The number of likely N-dealkylation sites (tertiary alicyclic amines) is 1. The molecule has 2 aliphatic rings. The van der Waals surface area contributed by atoms with E-state index in [1.165, 1.54) is 23.5 Å². The van der Waals surface area contributed by atoms with Gasteiger partial charge in [0.2, 0.25) is 21.8 Å². The number of aromatic nitrogens is 1. The first-order chi connectivity index (χ1) is 13.4. The quantitative estimate of drug-likeness (QED) is 0.457. The number of pyridine rings is 1. The Kier molecular flexibility index (Phi) is 5.39. The fraction of sp³-hybridized carbons (Fsp3) is 0.500. The molecule has 10 nitrogen and oxygen atoms in total. The SMILES string of the molecule is CC(C)(C[CH]C(=O)N1CCC2C1C(=O)CN2S(=O)(=O)c1ccc[n+]([O-])c1)C(N)=O. The number of nitrogens with two attached hydrogens (primary N) is 1. The zero-order valence-corrected chi connectivity index (χ0v) is 17.0. The minimum atomic E-state index is -4.06. The monoisotopic (exact) mass is 423 g/mol. The molecular formula is C18H23N4O6S. The van der Waals surface area contributed by atoms with Gasteiger partial charge in [0.1, 0.15) is 10.9 Å². The number of fused-ring (bicyclic) bond motifs is 1. The van der Waals surface area contributed by atoms with Crippen molar-refractivity contribution in [3.63, 3.8) is 0 Å². The fourth-order valence-electron chi connectivity index (χ4n) is 3.62. The first kappa shape index (κ1) is 21.2. The number of ketones is 1. The Hall–Kier alpha value is -2.53. The summed E-state index contributed by atoms with van der Waals surface area (Å²) in [7, 11) is -4.06. The number of nitrogens with zero attached hydrogens (tertiary/aromatic N) is 3. The Balaban J connectivity index is 1.77. The van der Waals surface area contributed by atoms with Gasteiger partial charge in [0.05, 0.1) is 19.0 Å². The number of hydrogen-bond acceptors (Lipinski definition) is 6. The maximum Gasteiger partial charge on any atom is 0.249 e. The van der Waals surface area contributed by atoms with E-state index in [4.69, 9.17) is 5.73 Å². The van der Waals surface area contributed by atoms with Gasteiger partial charge in [-0.15, -0.1) is 0 Å². The molecular weight excluding hydrogens is 400 g/mol. The molecule has 3 rings (SSSR count). The van der Waals surface area contributed by atoms with Crippen LogP contribution in [0, 0.1) is 17.0 Å². The lowest BCUT2D eigenvalue weighted by Gasteiger charge is -2.25. The number of rotatable bonds is 6. The second-order valence-electron chi connectivity index (χ2n) is 7.90. The molecule has 0 bridgehead atoms. The van der Waals surface area contributed by atoms with Crippen molar-refractivity contribution in [2.45, 2.75) is 43.7 Å². The molecule has 3 heterocycles. The van der Waals surface area contributed by atoms with Crippen LogP contribution in [0.1, 0.15) is 26.7 Å². The van der Waals surface area contributed by atoms with Crippen LogP contribution in [0.3, 0.4) is 0 Å². The number of carbonyl (C=O) groups excluding carboxylic acids is 3. The highest BCUT2D eigenvalue weighted by Gasteiger charge is 2.54. The number of carbonyl (C=O) groups is 3. The molecule has 0 aliphatic carbocycles. The van der Waals surface area contributed by atoms with E-state index in [0.717, 1.165) is 16.7 Å². The Labute approximate surface area is 168 Å². The van der Waals surface area contributed by atoms with E-state index < -0.39 is 39.3 Å². The molecule has 1 radical (unpaired) electrons. The lowest BCUT2D eigenvalue weighted by Crippen LogP contribution is -2.44. The zero-order chi connectivity index (χ0) is 21.6. The Morgan fingerprint density at radius 2 is 2.10 bits per heavy atom. The highest BCUT2D eigenvalue weighted by Crippen LogP contribution is 2.34. The highest BCUT2D eigenvalue weighted by atomic mass is 32.2. The zero-order valence-electron chi connectivity index (χ0n) is 16.1.